The lowest BCUT2D eigenvalue weighted by molar-refractivity contribution is -0.123. The second-order valence-corrected chi connectivity index (χ2v) is 5.03. The minimum atomic E-state index is -0.743. The Hall–Kier alpha value is -1.92. The molecule has 1 amide bonds. The topological polar surface area (TPSA) is 58.6 Å². The lowest BCUT2D eigenvalue weighted by Gasteiger charge is -2.11. The molecular weight excluding hydrogens is 281 g/mol. The van der Waals surface area contributed by atoms with Crippen molar-refractivity contribution in [1.82, 2.24) is 5.32 Å². The molecule has 2 N–H and O–H groups in total. The predicted octanol–water partition coefficient (Wildman–Crippen LogP) is 2.12. The third-order valence-electron chi connectivity index (χ3n) is 2.56. The molecule has 0 fully saturated rings. The second-order valence-electron chi connectivity index (χ2n) is 4.05. The molecule has 6 heteroatoms. The summed E-state index contributed by atoms with van der Waals surface area (Å²) in [5, 5.41) is 14.2. The highest BCUT2D eigenvalue weighted by atomic mass is 32.1. The summed E-state index contributed by atoms with van der Waals surface area (Å²) in [4.78, 5) is 12.3. The van der Waals surface area contributed by atoms with E-state index in [1.165, 1.54) is 23.5 Å². The van der Waals surface area contributed by atoms with Crippen molar-refractivity contribution in [3.8, 4) is 5.75 Å². The van der Waals surface area contributed by atoms with E-state index in [-0.39, 0.29) is 18.9 Å². The predicted molar refractivity (Wildman–Crippen MR) is 74.2 cm³/mol. The number of aliphatic hydroxyl groups is 1. The Kier molecular flexibility index (Phi) is 5.09. The van der Waals surface area contributed by atoms with E-state index in [4.69, 9.17) is 4.74 Å². The van der Waals surface area contributed by atoms with Gasteiger partial charge in [-0.25, -0.2) is 4.39 Å². The normalized spacial score (nSPS) is 11.9. The molecule has 0 saturated carbocycles. The maximum absolute atomic E-state index is 13.2. The SMILES string of the molecule is O=C(COc1ccccc1F)NCC(O)c1cccs1. The Labute approximate surface area is 119 Å². The van der Waals surface area contributed by atoms with Crippen LogP contribution in [0.15, 0.2) is 41.8 Å². The summed E-state index contributed by atoms with van der Waals surface area (Å²) in [6.07, 6.45) is -0.743. The quantitative estimate of drug-likeness (QED) is 0.858. The van der Waals surface area contributed by atoms with Gasteiger partial charge in [-0.15, -0.1) is 11.3 Å². The number of rotatable bonds is 6. The van der Waals surface area contributed by atoms with Gasteiger partial charge in [0, 0.05) is 11.4 Å². The van der Waals surface area contributed by atoms with Gasteiger partial charge < -0.3 is 15.2 Å². The van der Waals surface area contributed by atoms with Crippen LogP contribution in [0.1, 0.15) is 11.0 Å². The maximum atomic E-state index is 13.2. The standard InChI is InChI=1S/C14H14FNO3S/c15-10-4-1-2-5-12(10)19-9-14(18)16-8-11(17)13-6-3-7-20-13/h1-7,11,17H,8-9H2,(H,16,18). The molecule has 1 unspecified atom stereocenters. The molecule has 0 radical (unpaired) electrons. The van der Waals surface area contributed by atoms with Gasteiger partial charge in [-0.2, -0.15) is 0 Å². The van der Waals surface area contributed by atoms with Gasteiger partial charge in [-0.1, -0.05) is 18.2 Å². The lowest BCUT2D eigenvalue weighted by atomic mass is 10.3. The first-order valence-electron chi connectivity index (χ1n) is 6.02. The van der Waals surface area contributed by atoms with E-state index in [1.807, 2.05) is 11.4 Å². The van der Waals surface area contributed by atoms with E-state index >= 15 is 0 Å². The van der Waals surface area contributed by atoms with Crippen LogP contribution in [0.5, 0.6) is 5.75 Å². The Balaban J connectivity index is 1.75. The molecule has 1 aromatic heterocycles. The van der Waals surface area contributed by atoms with Gasteiger partial charge in [-0.05, 0) is 23.6 Å². The molecule has 1 aromatic carbocycles. The Morgan fingerprint density at radius 1 is 1.35 bits per heavy atom. The van der Waals surface area contributed by atoms with Gasteiger partial charge in [-0.3, -0.25) is 4.79 Å². The Bertz CT molecular complexity index is 559. The molecule has 2 rings (SSSR count). The van der Waals surface area contributed by atoms with E-state index in [2.05, 4.69) is 5.32 Å². The summed E-state index contributed by atoms with van der Waals surface area (Å²) in [5.74, 6) is -0.899. The highest BCUT2D eigenvalue weighted by Crippen LogP contribution is 2.18. The van der Waals surface area contributed by atoms with E-state index < -0.39 is 17.8 Å². The van der Waals surface area contributed by atoms with Crippen LogP contribution in [0.3, 0.4) is 0 Å². The number of halogens is 1. The average Bonchev–Trinajstić information content (AvgIpc) is 2.98. The first-order valence-corrected chi connectivity index (χ1v) is 6.90. The van der Waals surface area contributed by atoms with Crippen LogP contribution < -0.4 is 10.1 Å². The minimum absolute atomic E-state index is 0.0291. The van der Waals surface area contributed by atoms with Gasteiger partial charge >= 0.3 is 0 Å². The first-order chi connectivity index (χ1) is 9.66. The molecule has 20 heavy (non-hydrogen) atoms. The molecule has 0 saturated heterocycles. The number of amides is 1. The molecule has 0 aliphatic rings. The van der Waals surface area contributed by atoms with Gasteiger partial charge in [0.25, 0.3) is 5.91 Å². The Morgan fingerprint density at radius 3 is 2.85 bits per heavy atom. The van der Waals surface area contributed by atoms with Crippen molar-refractivity contribution in [2.24, 2.45) is 0 Å². The van der Waals surface area contributed by atoms with E-state index in [9.17, 15) is 14.3 Å². The van der Waals surface area contributed by atoms with Crippen LogP contribution in [-0.2, 0) is 4.79 Å². The van der Waals surface area contributed by atoms with E-state index in [1.54, 1.807) is 18.2 Å². The van der Waals surface area contributed by atoms with Gasteiger partial charge in [0.2, 0.25) is 0 Å². The molecule has 1 heterocycles. The fourth-order valence-corrected chi connectivity index (χ4v) is 2.26. The van der Waals surface area contributed by atoms with E-state index in [0.717, 1.165) is 4.88 Å². The van der Waals surface area contributed by atoms with Crippen LogP contribution in [0.4, 0.5) is 4.39 Å². The summed E-state index contributed by atoms with van der Waals surface area (Å²) in [6, 6.07) is 9.48. The number of carbonyl (C=O) groups excluding carboxylic acids is 1. The van der Waals surface area contributed by atoms with E-state index in [0.29, 0.717) is 0 Å². The zero-order valence-electron chi connectivity index (χ0n) is 10.6. The third-order valence-corrected chi connectivity index (χ3v) is 3.53. The Morgan fingerprint density at radius 2 is 2.15 bits per heavy atom. The number of aliphatic hydroxyl groups excluding tert-OH is 1. The molecule has 0 bridgehead atoms. The average molecular weight is 295 g/mol. The molecule has 106 valence electrons. The number of para-hydroxylation sites is 1. The number of hydrogen-bond acceptors (Lipinski definition) is 4. The van der Waals surface area contributed by atoms with Crippen molar-refractivity contribution in [2.45, 2.75) is 6.10 Å². The molecule has 0 aliphatic heterocycles. The summed E-state index contributed by atoms with van der Waals surface area (Å²) >= 11 is 1.41. The van der Waals surface area contributed by atoms with Crippen molar-refractivity contribution >= 4 is 17.2 Å². The third kappa shape index (κ3) is 4.04. The van der Waals surface area contributed by atoms with Crippen LogP contribution in [0.25, 0.3) is 0 Å². The molecular formula is C14H14FNO3S. The number of ether oxygens (including phenoxy) is 1. The largest absolute Gasteiger partial charge is 0.481 e. The summed E-state index contributed by atoms with van der Waals surface area (Å²) in [7, 11) is 0. The zero-order valence-corrected chi connectivity index (χ0v) is 11.4. The fourth-order valence-electron chi connectivity index (χ4n) is 1.55. The molecule has 2 aromatic rings. The number of nitrogens with one attached hydrogen (secondary N) is 1. The van der Waals surface area contributed by atoms with Gasteiger partial charge in [0.15, 0.2) is 18.2 Å². The summed E-state index contributed by atoms with van der Waals surface area (Å²) in [6.45, 7) is -0.196. The van der Waals surface area contributed by atoms with Gasteiger partial charge in [0.1, 0.15) is 6.10 Å². The molecule has 4 nitrogen and oxygen atoms in total. The minimum Gasteiger partial charge on any atom is -0.481 e. The van der Waals surface area contributed by atoms with Crippen LogP contribution in [-0.4, -0.2) is 24.2 Å². The summed E-state index contributed by atoms with van der Waals surface area (Å²) in [5.41, 5.74) is 0. The smallest absolute Gasteiger partial charge is 0.258 e. The highest BCUT2D eigenvalue weighted by molar-refractivity contribution is 7.10. The van der Waals surface area contributed by atoms with Crippen molar-refractivity contribution in [2.75, 3.05) is 13.2 Å². The fraction of sp³-hybridized carbons (Fsp3) is 0.214. The second kappa shape index (κ2) is 7.02. The molecule has 0 aliphatic carbocycles. The van der Waals surface area contributed by atoms with Crippen molar-refractivity contribution < 1.29 is 19.0 Å². The molecule has 1 atom stereocenters. The maximum Gasteiger partial charge on any atom is 0.258 e. The first kappa shape index (κ1) is 14.5. The molecule has 0 spiro atoms. The lowest BCUT2D eigenvalue weighted by Crippen LogP contribution is -2.32. The number of thiophene rings is 1. The van der Waals surface area contributed by atoms with Crippen LogP contribution in [0.2, 0.25) is 0 Å². The number of hydrogen-bond donors (Lipinski definition) is 2. The van der Waals surface area contributed by atoms with Crippen molar-refractivity contribution in [3.63, 3.8) is 0 Å². The monoisotopic (exact) mass is 295 g/mol. The van der Waals surface area contributed by atoms with Crippen molar-refractivity contribution in [1.29, 1.82) is 0 Å². The highest BCUT2D eigenvalue weighted by Gasteiger charge is 2.11. The number of benzene rings is 1. The zero-order chi connectivity index (χ0) is 14.4. The van der Waals surface area contributed by atoms with Crippen LogP contribution >= 0.6 is 11.3 Å². The summed E-state index contributed by atoms with van der Waals surface area (Å²) < 4.78 is 18.3. The van der Waals surface area contributed by atoms with Gasteiger partial charge in [0.05, 0.1) is 0 Å². The van der Waals surface area contributed by atoms with Crippen LogP contribution in [0, 0.1) is 5.82 Å². The van der Waals surface area contributed by atoms with Crippen molar-refractivity contribution in [3.05, 3.63) is 52.5 Å². The number of carbonyl (C=O) groups is 1.